The number of amides is 2. The van der Waals surface area contributed by atoms with Crippen LogP contribution >= 0.6 is 0 Å². The number of aryl methyl sites for hydroxylation is 2. The van der Waals surface area contributed by atoms with Crippen molar-refractivity contribution < 1.29 is 9.59 Å². The van der Waals surface area contributed by atoms with E-state index >= 15 is 0 Å². The lowest BCUT2D eigenvalue weighted by Gasteiger charge is -2.26. The number of nitrogens with zero attached hydrogens (tertiary/aromatic N) is 4. The molecule has 2 heterocycles. The molecule has 1 aliphatic rings. The smallest absolute Gasteiger partial charge is 0.244 e. The van der Waals surface area contributed by atoms with E-state index in [9.17, 15) is 9.59 Å². The van der Waals surface area contributed by atoms with Crippen LogP contribution in [0.3, 0.4) is 0 Å². The molecule has 0 saturated carbocycles. The second kappa shape index (κ2) is 8.80. The quantitative estimate of drug-likeness (QED) is 0.770. The summed E-state index contributed by atoms with van der Waals surface area (Å²) < 4.78 is 1.76. The molecule has 0 aromatic carbocycles. The Morgan fingerprint density at radius 3 is 2.72 bits per heavy atom. The van der Waals surface area contributed by atoms with Crippen LogP contribution in [0.4, 0.5) is 0 Å². The van der Waals surface area contributed by atoms with Crippen LogP contribution in [0.15, 0.2) is 18.7 Å². The van der Waals surface area contributed by atoms with E-state index in [-0.39, 0.29) is 24.4 Å². The number of hydrogen-bond acceptors (Lipinski definition) is 4. The third-order valence-corrected chi connectivity index (χ3v) is 4.62. The van der Waals surface area contributed by atoms with E-state index in [0.29, 0.717) is 19.6 Å². The Kier molecular flexibility index (Phi) is 6.75. The molecule has 1 aromatic heterocycles. The van der Waals surface area contributed by atoms with Gasteiger partial charge in [0, 0.05) is 38.4 Å². The first-order valence-corrected chi connectivity index (χ1v) is 8.84. The monoisotopic (exact) mass is 347 g/mol. The van der Waals surface area contributed by atoms with Crippen LogP contribution in [-0.2, 0) is 16.1 Å². The molecule has 0 radical (unpaired) electrons. The van der Waals surface area contributed by atoms with E-state index in [1.807, 2.05) is 31.7 Å². The molecule has 25 heavy (non-hydrogen) atoms. The van der Waals surface area contributed by atoms with E-state index in [1.165, 1.54) is 0 Å². The first kappa shape index (κ1) is 19.2. The van der Waals surface area contributed by atoms with Crippen molar-refractivity contribution >= 4 is 11.8 Å². The van der Waals surface area contributed by atoms with Crippen LogP contribution < -0.4 is 5.32 Å². The first-order chi connectivity index (χ1) is 11.9. The van der Waals surface area contributed by atoms with Gasteiger partial charge in [-0.05, 0) is 33.3 Å². The van der Waals surface area contributed by atoms with Crippen LogP contribution in [0.2, 0.25) is 0 Å². The molecule has 2 rings (SSSR count). The number of hydrogen-bond donors (Lipinski definition) is 1. The predicted octanol–water partition coefficient (Wildman–Crippen LogP) is 0.725. The van der Waals surface area contributed by atoms with Gasteiger partial charge in [-0.3, -0.25) is 19.2 Å². The van der Waals surface area contributed by atoms with Crippen molar-refractivity contribution in [1.29, 1.82) is 0 Å². The Morgan fingerprint density at radius 1 is 1.32 bits per heavy atom. The van der Waals surface area contributed by atoms with Gasteiger partial charge in [0.25, 0.3) is 0 Å². The lowest BCUT2D eigenvalue weighted by atomic mass is 10.2. The van der Waals surface area contributed by atoms with E-state index in [1.54, 1.807) is 10.8 Å². The Labute approximate surface area is 149 Å². The third-order valence-electron chi connectivity index (χ3n) is 4.62. The van der Waals surface area contributed by atoms with Crippen molar-refractivity contribution in [2.75, 3.05) is 32.7 Å². The molecule has 0 aliphatic carbocycles. The Bertz CT molecular complexity index is 625. The standard InChI is InChI=1S/C18H29N5O2/c1-5-7-19-18(25)16(4)21-8-6-9-22(11-10-21)17(24)13-23-15(3)12-14(2)20-23/h5,12,16H,1,6-11,13H2,2-4H3,(H,19,25). The minimum Gasteiger partial charge on any atom is -0.351 e. The maximum atomic E-state index is 12.6. The summed E-state index contributed by atoms with van der Waals surface area (Å²) in [6, 6.07) is 1.77. The fourth-order valence-electron chi connectivity index (χ4n) is 3.12. The van der Waals surface area contributed by atoms with Crippen LogP contribution in [0, 0.1) is 13.8 Å². The lowest BCUT2D eigenvalue weighted by molar-refractivity contribution is -0.132. The SMILES string of the molecule is C=CCNC(=O)C(C)N1CCCN(C(=O)Cn2nc(C)cc2C)CC1. The molecule has 1 unspecified atom stereocenters. The minimum atomic E-state index is -0.203. The molecule has 7 nitrogen and oxygen atoms in total. The largest absolute Gasteiger partial charge is 0.351 e. The zero-order valence-electron chi connectivity index (χ0n) is 15.5. The fourth-order valence-corrected chi connectivity index (χ4v) is 3.12. The van der Waals surface area contributed by atoms with E-state index < -0.39 is 0 Å². The van der Waals surface area contributed by atoms with Gasteiger partial charge in [-0.15, -0.1) is 6.58 Å². The summed E-state index contributed by atoms with van der Waals surface area (Å²) in [5, 5.41) is 7.20. The molecule has 2 amide bonds. The van der Waals surface area contributed by atoms with Gasteiger partial charge in [0.1, 0.15) is 6.54 Å². The van der Waals surface area contributed by atoms with Crippen LogP contribution in [-0.4, -0.2) is 70.2 Å². The Balaban J connectivity index is 1.89. The number of rotatable bonds is 6. The van der Waals surface area contributed by atoms with E-state index in [2.05, 4.69) is 21.9 Å². The van der Waals surface area contributed by atoms with Crippen molar-refractivity contribution in [1.82, 2.24) is 24.9 Å². The molecule has 7 heteroatoms. The highest BCUT2D eigenvalue weighted by Gasteiger charge is 2.25. The van der Waals surface area contributed by atoms with Gasteiger partial charge in [-0.2, -0.15) is 5.10 Å². The van der Waals surface area contributed by atoms with E-state index in [4.69, 9.17) is 0 Å². The molecule has 138 valence electrons. The van der Waals surface area contributed by atoms with Crippen molar-refractivity contribution in [3.05, 3.63) is 30.1 Å². The summed E-state index contributed by atoms with van der Waals surface area (Å²) in [5.74, 6) is 0.0825. The van der Waals surface area contributed by atoms with Gasteiger partial charge in [0.05, 0.1) is 11.7 Å². The van der Waals surface area contributed by atoms with Gasteiger partial charge in [-0.25, -0.2) is 0 Å². The van der Waals surface area contributed by atoms with Crippen LogP contribution in [0.1, 0.15) is 24.7 Å². The predicted molar refractivity (Wildman–Crippen MR) is 97.1 cm³/mol. The van der Waals surface area contributed by atoms with Gasteiger partial charge in [0.15, 0.2) is 0 Å². The Morgan fingerprint density at radius 2 is 2.08 bits per heavy atom. The summed E-state index contributed by atoms with van der Waals surface area (Å²) in [7, 11) is 0. The van der Waals surface area contributed by atoms with Crippen molar-refractivity contribution in [3.8, 4) is 0 Å². The number of nitrogens with one attached hydrogen (secondary N) is 1. The van der Waals surface area contributed by atoms with Crippen molar-refractivity contribution in [2.45, 2.75) is 39.8 Å². The normalized spacial score (nSPS) is 17.0. The second-order valence-corrected chi connectivity index (χ2v) is 6.56. The molecule has 1 aliphatic heterocycles. The summed E-state index contributed by atoms with van der Waals surface area (Å²) >= 11 is 0. The average Bonchev–Trinajstić information content (AvgIpc) is 2.79. The highest BCUT2D eigenvalue weighted by atomic mass is 16.2. The summed E-state index contributed by atoms with van der Waals surface area (Å²) in [5.41, 5.74) is 1.92. The van der Waals surface area contributed by atoms with E-state index in [0.717, 1.165) is 30.9 Å². The fraction of sp³-hybridized carbons (Fsp3) is 0.611. The van der Waals surface area contributed by atoms with Gasteiger partial charge < -0.3 is 10.2 Å². The minimum absolute atomic E-state index is 0.00215. The maximum Gasteiger partial charge on any atom is 0.244 e. The lowest BCUT2D eigenvalue weighted by Crippen LogP contribution is -2.47. The maximum absolute atomic E-state index is 12.6. The number of carbonyl (C=O) groups excluding carboxylic acids is 2. The first-order valence-electron chi connectivity index (χ1n) is 8.84. The molecule has 0 spiro atoms. The molecule has 1 N–H and O–H groups in total. The van der Waals surface area contributed by atoms with Gasteiger partial charge >= 0.3 is 0 Å². The second-order valence-electron chi connectivity index (χ2n) is 6.56. The number of carbonyl (C=O) groups is 2. The highest BCUT2D eigenvalue weighted by molar-refractivity contribution is 5.81. The molecule has 1 fully saturated rings. The molecule has 1 saturated heterocycles. The summed E-state index contributed by atoms with van der Waals surface area (Å²) in [6.07, 6.45) is 2.54. The van der Waals surface area contributed by atoms with Gasteiger partial charge in [0.2, 0.25) is 11.8 Å². The number of aromatic nitrogens is 2. The molecule has 0 bridgehead atoms. The zero-order valence-corrected chi connectivity index (χ0v) is 15.5. The summed E-state index contributed by atoms with van der Waals surface area (Å²) in [4.78, 5) is 28.7. The average molecular weight is 347 g/mol. The zero-order chi connectivity index (χ0) is 18.4. The highest BCUT2D eigenvalue weighted by Crippen LogP contribution is 2.09. The van der Waals surface area contributed by atoms with Crippen molar-refractivity contribution in [2.24, 2.45) is 0 Å². The molecular weight excluding hydrogens is 318 g/mol. The molecule has 1 aromatic rings. The van der Waals surface area contributed by atoms with Crippen LogP contribution in [0.5, 0.6) is 0 Å². The Hall–Kier alpha value is -2.15. The van der Waals surface area contributed by atoms with Crippen molar-refractivity contribution in [3.63, 3.8) is 0 Å². The molecule has 1 atom stereocenters. The molecular formula is C18H29N5O2. The van der Waals surface area contributed by atoms with Gasteiger partial charge in [-0.1, -0.05) is 6.08 Å². The topological polar surface area (TPSA) is 70.5 Å². The summed E-state index contributed by atoms with van der Waals surface area (Å²) in [6.45, 7) is 13.0. The third kappa shape index (κ3) is 5.16. The van der Waals surface area contributed by atoms with Crippen LogP contribution in [0.25, 0.3) is 0 Å².